The number of ether oxygens (including phenoxy) is 1. The van der Waals surface area contributed by atoms with Crippen LogP contribution in [-0.4, -0.2) is 23.2 Å². The molecule has 0 aliphatic rings. The molecule has 0 saturated heterocycles. The van der Waals surface area contributed by atoms with Crippen molar-refractivity contribution in [1.82, 2.24) is 0 Å². The van der Waals surface area contributed by atoms with Crippen LogP contribution in [-0.2, 0) is 4.79 Å². The van der Waals surface area contributed by atoms with Gasteiger partial charge in [-0.2, -0.15) is 0 Å². The van der Waals surface area contributed by atoms with Crippen LogP contribution >= 0.6 is 0 Å². The molecule has 3 N–H and O–H groups in total. The van der Waals surface area contributed by atoms with Crippen LogP contribution in [0.2, 0.25) is 0 Å². The lowest BCUT2D eigenvalue weighted by atomic mass is 10.2. The van der Waals surface area contributed by atoms with Gasteiger partial charge in [0.2, 0.25) is 0 Å². The number of aliphatic carboxylic acids is 1. The molecule has 76 valence electrons. The quantitative estimate of drug-likeness (QED) is 0.747. The third-order valence-corrected chi connectivity index (χ3v) is 1.86. The van der Waals surface area contributed by atoms with E-state index in [9.17, 15) is 4.79 Å². The van der Waals surface area contributed by atoms with E-state index in [0.717, 1.165) is 0 Å². The van der Waals surface area contributed by atoms with Crippen LogP contribution in [0.3, 0.4) is 0 Å². The predicted molar refractivity (Wildman–Crippen MR) is 52.1 cm³/mol. The Bertz CT molecular complexity index is 299. The number of hydrogen-bond donors (Lipinski definition) is 2. The molecule has 0 aromatic heterocycles. The zero-order valence-corrected chi connectivity index (χ0v) is 7.88. The monoisotopic (exact) mass is 195 g/mol. The van der Waals surface area contributed by atoms with Crippen LogP contribution < -0.4 is 10.5 Å². The molecule has 0 spiro atoms. The number of carboxylic acids is 1. The summed E-state index contributed by atoms with van der Waals surface area (Å²) >= 11 is 0. The summed E-state index contributed by atoms with van der Waals surface area (Å²) in [5.41, 5.74) is 5.38. The van der Waals surface area contributed by atoms with Gasteiger partial charge in [0.15, 0.2) is 0 Å². The molecular formula is C10H13NO3. The van der Waals surface area contributed by atoms with Crippen molar-refractivity contribution >= 4 is 5.97 Å². The molecule has 1 aromatic rings. The molecular weight excluding hydrogens is 182 g/mol. The Labute approximate surface area is 82.3 Å². The average molecular weight is 195 g/mol. The van der Waals surface area contributed by atoms with Crippen molar-refractivity contribution in [2.45, 2.75) is 19.1 Å². The lowest BCUT2D eigenvalue weighted by Gasteiger charge is -2.17. The number of nitrogens with two attached hydrogens (primary N) is 1. The third-order valence-electron chi connectivity index (χ3n) is 1.86. The van der Waals surface area contributed by atoms with E-state index >= 15 is 0 Å². The van der Waals surface area contributed by atoms with Crippen molar-refractivity contribution < 1.29 is 14.6 Å². The standard InChI is InChI=1S/C10H13NO3/c1-7(9(11)10(12)13)14-8-5-3-2-4-6-8/h2-7,9H,11H2,1H3,(H,12,13). The van der Waals surface area contributed by atoms with Crippen LogP contribution in [0.4, 0.5) is 0 Å². The smallest absolute Gasteiger partial charge is 0.324 e. The van der Waals surface area contributed by atoms with Gasteiger partial charge in [-0.1, -0.05) is 18.2 Å². The Balaban J connectivity index is 2.57. The minimum Gasteiger partial charge on any atom is -0.488 e. The van der Waals surface area contributed by atoms with Gasteiger partial charge in [-0.3, -0.25) is 4.79 Å². The fourth-order valence-corrected chi connectivity index (χ4v) is 0.988. The fraction of sp³-hybridized carbons (Fsp3) is 0.300. The maximum atomic E-state index is 10.5. The summed E-state index contributed by atoms with van der Waals surface area (Å²) in [5.74, 6) is -0.440. The van der Waals surface area contributed by atoms with Crippen LogP contribution in [0.15, 0.2) is 30.3 Å². The fourth-order valence-electron chi connectivity index (χ4n) is 0.988. The topological polar surface area (TPSA) is 72.5 Å². The lowest BCUT2D eigenvalue weighted by Crippen LogP contribution is -2.43. The predicted octanol–water partition coefficient (Wildman–Crippen LogP) is 0.866. The number of hydrogen-bond acceptors (Lipinski definition) is 3. The molecule has 4 heteroatoms. The molecule has 1 rings (SSSR count). The molecule has 0 aliphatic heterocycles. The van der Waals surface area contributed by atoms with E-state index in [1.54, 1.807) is 19.1 Å². The second-order valence-corrected chi connectivity index (χ2v) is 3.00. The highest BCUT2D eigenvalue weighted by Gasteiger charge is 2.21. The summed E-state index contributed by atoms with van der Waals surface area (Å²) in [6.07, 6.45) is -0.546. The molecule has 0 saturated carbocycles. The Morgan fingerprint density at radius 2 is 2.00 bits per heavy atom. The first-order valence-electron chi connectivity index (χ1n) is 4.31. The third kappa shape index (κ3) is 2.74. The van der Waals surface area contributed by atoms with Gasteiger partial charge < -0.3 is 15.6 Å². The Hall–Kier alpha value is -1.55. The van der Waals surface area contributed by atoms with Crippen molar-refractivity contribution in [2.75, 3.05) is 0 Å². The van der Waals surface area contributed by atoms with Gasteiger partial charge in [0.25, 0.3) is 0 Å². The molecule has 0 bridgehead atoms. The van der Waals surface area contributed by atoms with Gasteiger partial charge >= 0.3 is 5.97 Å². The molecule has 14 heavy (non-hydrogen) atoms. The molecule has 0 radical (unpaired) electrons. The normalized spacial score (nSPS) is 14.4. The molecule has 2 atom stereocenters. The lowest BCUT2D eigenvalue weighted by molar-refractivity contribution is -0.140. The minimum atomic E-state index is -1.06. The summed E-state index contributed by atoms with van der Waals surface area (Å²) in [7, 11) is 0. The van der Waals surface area contributed by atoms with Crippen LogP contribution in [0, 0.1) is 0 Å². The van der Waals surface area contributed by atoms with E-state index in [0.29, 0.717) is 5.75 Å². The van der Waals surface area contributed by atoms with Crippen LogP contribution in [0.5, 0.6) is 5.75 Å². The summed E-state index contributed by atoms with van der Waals surface area (Å²) < 4.78 is 5.33. The molecule has 4 nitrogen and oxygen atoms in total. The van der Waals surface area contributed by atoms with Crippen molar-refractivity contribution in [2.24, 2.45) is 5.73 Å². The van der Waals surface area contributed by atoms with Crippen molar-refractivity contribution in [3.63, 3.8) is 0 Å². The van der Waals surface area contributed by atoms with Gasteiger partial charge in [0, 0.05) is 0 Å². The van der Waals surface area contributed by atoms with Crippen molar-refractivity contribution in [3.05, 3.63) is 30.3 Å². The van der Waals surface area contributed by atoms with Gasteiger partial charge in [0.1, 0.15) is 17.9 Å². The first-order valence-corrected chi connectivity index (χ1v) is 4.31. The molecule has 0 amide bonds. The first-order chi connectivity index (χ1) is 6.61. The van der Waals surface area contributed by atoms with E-state index in [-0.39, 0.29) is 0 Å². The van der Waals surface area contributed by atoms with Gasteiger partial charge in [-0.15, -0.1) is 0 Å². The average Bonchev–Trinajstić information content (AvgIpc) is 2.18. The molecule has 0 fully saturated rings. The summed E-state index contributed by atoms with van der Waals surface area (Å²) in [6.45, 7) is 1.63. The molecule has 1 aromatic carbocycles. The van der Waals surface area contributed by atoms with Crippen LogP contribution in [0.1, 0.15) is 6.92 Å². The highest BCUT2D eigenvalue weighted by Crippen LogP contribution is 2.11. The highest BCUT2D eigenvalue weighted by molar-refractivity contribution is 5.73. The number of para-hydroxylation sites is 1. The molecule has 0 heterocycles. The van der Waals surface area contributed by atoms with E-state index < -0.39 is 18.1 Å². The zero-order valence-electron chi connectivity index (χ0n) is 7.88. The Kier molecular flexibility index (Phi) is 3.48. The number of benzene rings is 1. The molecule has 0 aliphatic carbocycles. The maximum Gasteiger partial charge on any atom is 0.324 e. The summed E-state index contributed by atoms with van der Waals surface area (Å²) in [5, 5.41) is 8.63. The number of carbonyl (C=O) groups is 1. The SMILES string of the molecule is CC(Oc1ccccc1)C(N)C(=O)O. The Morgan fingerprint density at radius 3 is 2.50 bits per heavy atom. The van der Waals surface area contributed by atoms with E-state index in [4.69, 9.17) is 15.6 Å². The second-order valence-electron chi connectivity index (χ2n) is 3.00. The van der Waals surface area contributed by atoms with Gasteiger partial charge in [-0.25, -0.2) is 0 Å². The van der Waals surface area contributed by atoms with Crippen LogP contribution in [0.25, 0.3) is 0 Å². The second kappa shape index (κ2) is 4.62. The maximum absolute atomic E-state index is 10.5. The Morgan fingerprint density at radius 1 is 1.43 bits per heavy atom. The van der Waals surface area contributed by atoms with Gasteiger partial charge in [0.05, 0.1) is 0 Å². The van der Waals surface area contributed by atoms with E-state index in [1.807, 2.05) is 18.2 Å². The first kappa shape index (κ1) is 10.5. The van der Waals surface area contributed by atoms with E-state index in [2.05, 4.69) is 0 Å². The number of rotatable bonds is 4. The zero-order chi connectivity index (χ0) is 10.6. The van der Waals surface area contributed by atoms with Crippen molar-refractivity contribution in [3.8, 4) is 5.75 Å². The molecule has 2 unspecified atom stereocenters. The summed E-state index contributed by atoms with van der Waals surface area (Å²) in [4.78, 5) is 10.5. The summed E-state index contributed by atoms with van der Waals surface area (Å²) in [6, 6.07) is 7.99. The van der Waals surface area contributed by atoms with E-state index in [1.165, 1.54) is 0 Å². The largest absolute Gasteiger partial charge is 0.488 e. The minimum absolute atomic E-state index is 0.546. The van der Waals surface area contributed by atoms with Gasteiger partial charge in [-0.05, 0) is 19.1 Å². The van der Waals surface area contributed by atoms with Crippen molar-refractivity contribution in [1.29, 1.82) is 0 Å². The highest BCUT2D eigenvalue weighted by atomic mass is 16.5. The number of carboxylic acid groups (broad SMARTS) is 1.